The number of aliphatic hydroxyl groups is 1. The third kappa shape index (κ3) is 10.3. The fourth-order valence-corrected chi connectivity index (χ4v) is 6.13. The molecule has 0 radical (unpaired) electrons. The average Bonchev–Trinajstić information content (AvgIpc) is 3.34. The Morgan fingerprint density at radius 2 is 1.69 bits per heavy atom. The van der Waals surface area contributed by atoms with E-state index in [-0.39, 0.29) is 26.1 Å². The van der Waals surface area contributed by atoms with Crippen LogP contribution in [0.15, 0.2) is 0 Å². The van der Waals surface area contributed by atoms with Crippen LogP contribution in [0.25, 0.3) is 0 Å². The number of nitrogens with one attached hydrogen (secondary N) is 4. The van der Waals surface area contributed by atoms with Gasteiger partial charge in [-0.25, -0.2) is 0 Å². The molecule has 19 heteroatoms. The lowest BCUT2D eigenvalue weighted by atomic mass is 10.1. The van der Waals surface area contributed by atoms with Crippen molar-refractivity contribution in [3.63, 3.8) is 0 Å². The predicted octanol–water partition coefficient (Wildman–Crippen LogP) is -2.59. The number of nitrogens with zero attached hydrogens (tertiary/aromatic N) is 1. The van der Waals surface area contributed by atoms with Crippen LogP contribution in [0.3, 0.4) is 0 Å². The molecule has 2 atom stereocenters. The fraction of sp³-hybridized carbons (Fsp3) is 0.750. The van der Waals surface area contributed by atoms with Crippen LogP contribution in [0.2, 0.25) is 0 Å². The number of rotatable bonds is 17. The van der Waals surface area contributed by atoms with Gasteiger partial charge in [0.2, 0.25) is 30.0 Å². The molecule has 0 aromatic rings. The van der Waals surface area contributed by atoms with Crippen molar-refractivity contribution >= 4 is 45.2 Å². The van der Waals surface area contributed by atoms with E-state index in [1.54, 1.807) is 0 Å². The van der Waals surface area contributed by atoms with Crippen molar-refractivity contribution in [1.82, 2.24) is 26.2 Å². The maximum atomic E-state index is 13.0. The highest BCUT2D eigenvalue weighted by atomic mass is 31.2. The topological polar surface area (TPSA) is 272 Å². The van der Waals surface area contributed by atoms with E-state index in [9.17, 15) is 57.8 Å². The van der Waals surface area contributed by atoms with Crippen molar-refractivity contribution < 1.29 is 57.8 Å². The molecule has 1 fully saturated rings. The molecule has 0 aromatic carbocycles. The molecule has 2 unspecified atom stereocenters. The van der Waals surface area contributed by atoms with Gasteiger partial charge in [-0.3, -0.25) is 33.1 Å². The van der Waals surface area contributed by atoms with Gasteiger partial charge in [0.1, 0.15) is 12.1 Å². The molecule has 17 nitrogen and oxygen atoms in total. The molecular formula is C20H37N5O12P2. The summed E-state index contributed by atoms with van der Waals surface area (Å²) < 4.78 is 22.9. The second kappa shape index (κ2) is 15.4. The van der Waals surface area contributed by atoms with E-state index in [0.717, 1.165) is 0 Å². The maximum absolute atomic E-state index is 13.0. The Bertz CT molecular complexity index is 962. The quantitative estimate of drug-likeness (QED) is 0.0472. The molecule has 0 aliphatic carbocycles. The van der Waals surface area contributed by atoms with E-state index < -0.39 is 75.4 Å². The smallest absolute Gasteiger partial charge is 0.368 e. The number of likely N-dealkylation sites (tertiary alicyclic amines) is 1. The number of carbonyl (C=O) groups is 5. The van der Waals surface area contributed by atoms with Crippen molar-refractivity contribution in [3.05, 3.63) is 0 Å². The highest BCUT2D eigenvalue weighted by Gasteiger charge is 2.58. The molecule has 1 aliphatic heterocycles. The number of hydrogen-bond acceptors (Lipinski definition) is 8. The Kier molecular flexibility index (Phi) is 13.7. The molecule has 224 valence electrons. The average molecular weight is 601 g/mol. The molecular weight excluding hydrogens is 564 g/mol. The summed E-state index contributed by atoms with van der Waals surface area (Å²) in [6.07, 6.45) is 1.22. The first kappa shape index (κ1) is 34.6. The highest BCUT2D eigenvalue weighted by molar-refractivity contribution is 7.72. The molecule has 5 amide bonds. The van der Waals surface area contributed by atoms with Crippen LogP contribution in [0, 0.1) is 0 Å². The Morgan fingerprint density at radius 1 is 1.05 bits per heavy atom. The molecule has 1 heterocycles. The summed E-state index contributed by atoms with van der Waals surface area (Å²) in [7, 11) is -11.2. The standard InChI is InChI=1S/C20H37N5O12P2/c1-2-3-6-14(18(29)22-9-5-8-20(31,38(32,33)34)39(35,36)37)24-19(30)15-7-4-10-25(15)17(28)12-23-16(27)11-21-13-26/h13-15,31H,2-12H2,1H3,(H,21,26)(H,22,29)(H,23,27)(H,24,30)(H2,32,33,34)(H2,35,36,37). The minimum Gasteiger partial charge on any atom is -0.368 e. The Hall–Kier alpha value is -2.39. The van der Waals surface area contributed by atoms with Gasteiger partial charge in [-0.1, -0.05) is 19.8 Å². The van der Waals surface area contributed by atoms with Crippen LogP contribution in [0.4, 0.5) is 0 Å². The summed E-state index contributed by atoms with van der Waals surface area (Å²) in [6.45, 7) is 1.10. The minimum absolute atomic E-state index is 0.226. The van der Waals surface area contributed by atoms with Crippen LogP contribution in [-0.4, -0.2) is 103 Å². The number of amides is 5. The molecule has 0 bridgehead atoms. The van der Waals surface area contributed by atoms with Gasteiger partial charge in [0.25, 0.3) is 5.08 Å². The first-order valence-corrected chi connectivity index (χ1v) is 15.5. The molecule has 1 aliphatic rings. The number of carbonyl (C=O) groups excluding carboxylic acids is 5. The van der Waals surface area contributed by atoms with Crippen molar-refractivity contribution in [2.45, 2.75) is 69.0 Å². The van der Waals surface area contributed by atoms with Crippen LogP contribution in [-0.2, 0) is 33.1 Å². The zero-order valence-corrected chi connectivity index (χ0v) is 23.2. The van der Waals surface area contributed by atoms with E-state index in [1.165, 1.54) is 4.90 Å². The van der Waals surface area contributed by atoms with Crippen molar-refractivity contribution in [1.29, 1.82) is 0 Å². The van der Waals surface area contributed by atoms with Crippen LogP contribution in [0.1, 0.15) is 51.9 Å². The monoisotopic (exact) mass is 601 g/mol. The lowest BCUT2D eigenvalue weighted by Gasteiger charge is -2.29. The van der Waals surface area contributed by atoms with Gasteiger partial charge in [-0.05, 0) is 25.7 Å². The molecule has 0 aromatic heterocycles. The molecule has 9 N–H and O–H groups in total. The maximum Gasteiger partial charge on any atom is 0.369 e. The lowest BCUT2D eigenvalue weighted by molar-refractivity contribution is -0.139. The van der Waals surface area contributed by atoms with Gasteiger partial charge < -0.3 is 50.8 Å². The summed E-state index contributed by atoms with van der Waals surface area (Å²) in [5.74, 6) is -2.38. The van der Waals surface area contributed by atoms with E-state index in [0.29, 0.717) is 32.1 Å². The van der Waals surface area contributed by atoms with Gasteiger partial charge in [0.15, 0.2) is 0 Å². The lowest BCUT2D eigenvalue weighted by Crippen LogP contribution is -2.54. The van der Waals surface area contributed by atoms with E-state index >= 15 is 0 Å². The molecule has 0 saturated carbocycles. The Balaban J connectivity index is 2.75. The SMILES string of the molecule is CCCCC(NC(=O)C1CCCN1C(=O)CNC(=O)CNC=O)C(=O)NCCCC(O)(P(=O)(O)O)P(=O)(O)O. The van der Waals surface area contributed by atoms with Crippen molar-refractivity contribution in [2.24, 2.45) is 0 Å². The minimum atomic E-state index is -5.62. The Morgan fingerprint density at radius 3 is 2.26 bits per heavy atom. The van der Waals surface area contributed by atoms with E-state index in [4.69, 9.17) is 0 Å². The second-order valence-corrected chi connectivity index (χ2v) is 13.0. The third-order valence-corrected chi connectivity index (χ3v) is 9.94. The van der Waals surface area contributed by atoms with Crippen molar-refractivity contribution in [3.8, 4) is 0 Å². The van der Waals surface area contributed by atoms with Crippen LogP contribution >= 0.6 is 15.2 Å². The van der Waals surface area contributed by atoms with Gasteiger partial charge in [0, 0.05) is 19.5 Å². The van der Waals surface area contributed by atoms with E-state index in [1.807, 2.05) is 6.92 Å². The highest BCUT2D eigenvalue weighted by Crippen LogP contribution is 2.69. The second-order valence-electron chi connectivity index (χ2n) is 8.98. The van der Waals surface area contributed by atoms with Crippen LogP contribution < -0.4 is 21.3 Å². The first-order valence-electron chi connectivity index (χ1n) is 12.2. The summed E-state index contributed by atoms with van der Waals surface area (Å²) >= 11 is 0. The zero-order valence-electron chi connectivity index (χ0n) is 21.4. The van der Waals surface area contributed by atoms with Crippen molar-refractivity contribution in [2.75, 3.05) is 26.2 Å². The summed E-state index contributed by atoms with van der Waals surface area (Å²) in [5.41, 5.74) is 0. The number of unbranched alkanes of at least 4 members (excludes halogenated alkanes) is 1. The fourth-order valence-electron chi connectivity index (χ4n) is 3.88. The van der Waals surface area contributed by atoms with Gasteiger partial charge in [-0.2, -0.15) is 0 Å². The van der Waals surface area contributed by atoms with Gasteiger partial charge >= 0.3 is 15.2 Å². The summed E-state index contributed by atoms with van der Waals surface area (Å²) in [5, 5.41) is 15.8. The predicted molar refractivity (Wildman–Crippen MR) is 135 cm³/mol. The Labute approximate surface area is 224 Å². The first-order chi connectivity index (χ1) is 18.1. The van der Waals surface area contributed by atoms with E-state index in [2.05, 4.69) is 21.3 Å². The van der Waals surface area contributed by atoms with Gasteiger partial charge in [0.05, 0.1) is 13.1 Å². The summed E-state index contributed by atoms with van der Waals surface area (Å²) in [6, 6.07) is -1.92. The molecule has 39 heavy (non-hydrogen) atoms. The van der Waals surface area contributed by atoms with Crippen LogP contribution in [0.5, 0.6) is 0 Å². The number of hydrogen-bond donors (Lipinski definition) is 9. The van der Waals surface area contributed by atoms with Gasteiger partial charge in [-0.15, -0.1) is 0 Å². The molecule has 0 spiro atoms. The zero-order chi connectivity index (χ0) is 29.9. The third-order valence-electron chi connectivity index (χ3n) is 6.06. The molecule has 1 rings (SSSR count). The largest absolute Gasteiger partial charge is 0.369 e. The summed E-state index contributed by atoms with van der Waals surface area (Å²) in [4.78, 5) is 98.2. The molecule has 1 saturated heterocycles. The normalized spacial score (nSPS) is 16.8.